The molecule has 0 aromatic carbocycles. The Hall–Kier alpha value is -0.570. The number of nitrogens with one attached hydrogen (secondary N) is 1. The highest BCUT2D eigenvalue weighted by atomic mass is 16.3. The van der Waals surface area contributed by atoms with E-state index >= 15 is 0 Å². The molecule has 0 saturated heterocycles. The summed E-state index contributed by atoms with van der Waals surface area (Å²) >= 11 is 0. The highest BCUT2D eigenvalue weighted by Gasteiger charge is 2.30. The van der Waals surface area contributed by atoms with Gasteiger partial charge in [-0.1, -0.05) is 38.5 Å². The fourth-order valence-corrected chi connectivity index (χ4v) is 3.15. The molecule has 2 rings (SSSR count). The van der Waals surface area contributed by atoms with Gasteiger partial charge in [-0.2, -0.15) is 0 Å². The van der Waals surface area contributed by atoms with Crippen LogP contribution in [0.4, 0.5) is 0 Å². The van der Waals surface area contributed by atoms with Gasteiger partial charge >= 0.3 is 0 Å². The monoisotopic (exact) mass is 239 g/mol. The number of rotatable bonds is 3. The Kier molecular flexibility index (Phi) is 4.43. The van der Waals surface area contributed by atoms with E-state index in [1.807, 2.05) is 0 Å². The van der Waals surface area contributed by atoms with Crippen LogP contribution in [0, 0.1) is 5.92 Å². The quantitative estimate of drug-likeness (QED) is 0.743. The molecule has 0 aromatic heterocycles. The molecular weight excluding hydrogens is 214 g/mol. The van der Waals surface area contributed by atoms with E-state index in [0.717, 1.165) is 38.5 Å². The van der Waals surface area contributed by atoms with Gasteiger partial charge in [0.1, 0.15) is 0 Å². The number of amides is 1. The fourth-order valence-electron chi connectivity index (χ4n) is 3.15. The van der Waals surface area contributed by atoms with Gasteiger partial charge in [-0.15, -0.1) is 0 Å². The zero-order chi connectivity index (χ0) is 12.1. The minimum Gasteiger partial charge on any atom is -0.388 e. The highest BCUT2D eigenvalue weighted by Crippen LogP contribution is 2.27. The standard InChI is InChI=1S/C14H25NO2/c16-13(12-7-3-4-8-12)15-11-14(17)9-5-1-2-6-10-14/h12,17H,1-11H2,(H,15,16). The van der Waals surface area contributed by atoms with E-state index in [0.29, 0.717) is 6.54 Å². The molecule has 3 heteroatoms. The summed E-state index contributed by atoms with van der Waals surface area (Å²) in [5.41, 5.74) is -0.634. The lowest BCUT2D eigenvalue weighted by atomic mass is 9.94. The fraction of sp³-hybridized carbons (Fsp3) is 0.929. The second-order valence-electron chi connectivity index (χ2n) is 5.84. The van der Waals surface area contributed by atoms with Crippen LogP contribution in [0.1, 0.15) is 64.2 Å². The Labute approximate surface area is 104 Å². The maximum atomic E-state index is 11.9. The third kappa shape index (κ3) is 3.70. The Balaban J connectivity index is 1.77. The van der Waals surface area contributed by atoms with Crippen molar-refractivity contribution in [1.82, 2.24) is 5.32 Å². The average molecular weight is 239 g/mol. The van der Waals surface area contributed by atoms with Crippen molar-refractivity contribution >= 4 is 5.91 Å². The smallest absolute Gasteiger partial charge is 0.223 e. The third-order valence-electron chi connectivity index (χ3n) is 4.35. The first-order valence-electron chi connectivity index (χ1n) is 7.20. The number of aliphatic hydroxyl groups is 1. The molecule has 0 aromatic rings. The van der Waals surface area contributed by atoms with Gasteiger partial charge in [-0.3, -0.25) is 4.79 Å². The lowest BCUT2D eigenvalue weighted by Gasteiger charge is -2.27. The lowest BCUT2D eigenvalue weighted by molar-refractivity contribution is -0.126. The number of carbonyl (C=O) groups excluding carboxylic acids is 1. The maximum absolute atomic E-state index is 11.9. The molecule has 2 fully saturated rings. The van der Waals surface area contributed by atoms with Gasteiger partial charge in [0.2, 0.25) is 5.91 Å². The predicted molar refractivity (Wildman–Crippen MR) is 67.6 cm³/mol. The maximum Gasteiger partial charge on any atom is 0.223 e. The number of carbonyl (C=O) groups is 1. The van der Waals surface area contributed by atoms with Gasteiger partial charge in [0.05, 0.1) is 5.60 Å². The largest absolute Gasteiger partial charge is 0.388 e. The van der Waals surface area contributed by atoms with Crippen molar-refractivity contribution < 1.29 is 9.90 Å². The van der Waals surface area contributed by atoms with E-state index in [4.69, 9.17) is 0 Å². The van der Waals surface area contributed by atoms with Crippen LogP contribution in [0.2, 0.25) is 0 Å². The van der Waals surface area contributed by atoms with Crippen molar-refractivity contribution in [3.05, 3.63) is 0 Å². The summed E-state index contributed by atoms with van der Waals surface area (Å²) in [6, 6.07) is 0. The Bertz CT molecular complexity index is 251. The summed E-state index contributed by atoms with van der Waals surface area (Å²) in [7, 11) is 0. The van der Waals surface area contributed by atoms with Crippen LogP contribution in [-0.4, -0.2) is 23.2 Å². The summed E-state index contributed by atoms with van der Waals surface area (Å²) in [4.78, 5) is 11.9. The first kappa shape index (κ1) is 12.9. The van der Waals surface area contributed by atoms with Crippen LogP contribution in [0.3, 0.4) is 0 Å². The molecule has 2 aliphatic carbocycles. The normalized spacial score (nSPS) is 25.5. The first-order chi connectivity index (χ1) is 8.20. The Morgan fingerprint density at radius 3 is 2.24 bits per heavy atom. The molecule has 2 saturated carbocycles. The zero-order valence-electron chi connectivity index (χ0n) is 10.7. The summed E-state index contributed by atoms with van der Waals surface area (Å²) in [5, 5.41) is 13.4. The molecule has 0 radical (unpaired) electrons. The van der Waals surface area contributed by atoms with Gasteiger partial charge < -0.3 is 10.4 Å². The summed E-state index contributed by atoms with van der Waals surface area (Å²) < 4.78 is 0. The van der Waals surface area contributed by atoms with E-state index < -0.39 is 5.60 Å². The molecule has 3 nitrogen and oxygen atoms in total. The summed E-state index contributed by atoms with van der Waals surface area (Å²) in [6.07, 6.45) is 10.7. The van der Waals surface area contributed by atoms with Gasteiger partial charge in [0, 0.05) is 12.5 Å². The van der Waals surface area contributed by atoms with Crippen molar-refractivity contribution in [2.24, 2.45) is 5.92 Å². The van der Waals surface area contributed by atoms with Crippen LogP contribution in [0.25, 0.3) is 0 Å². The topological polar surface area (TPSA) is 49.3 Å². The van der Waals surface area contributed by atoms with E-state index in [9.17, 15) is 9.90 Å². The molecule has 17 heavy (non-hydrogen) atoms. The van der Waals surface area contributed by atoms with Crippen molar-refractivity contribution in [3.63, 3.8) is 0 Å². The molecule has 0 atom stereocenters. The predicted octanol–water partition coefficient (Wildman–Crippen LogP) is 2.38. The van der Waals surface area contributed by atoms with E-state index in [-0.39, 0.29) is 11.8 Å². The minimum absolute atomic E-state index is 0.167. The van der Waals surface area contributed by atoms with Crippen LogP contribution in [-0.2, 0) is 4.79 Å². The van der Waals surface area contributed by atoms with Gasteiger partial charge in [0.25, 0.3) is 0 Å². The summed E-state index contributed by atoms with van der Waals surface area (Å²) in [5.74, 6) is 0.379. The van der Waals surface area contributed by atoms with Crippen LogP contribution < -0.4 is 5.32 Å². The van der Waals surface area contributed by atoms with Gasteiger partial charge in [-0.05, 0) is 25.7 Å². The molecule has 2 aliphatic rings. The van der Waals surface area contributed by atoms with E-state index in [1.165, 1.54) is 25.7 Å². The van der Waals surface area contributed by atoms with Crippen molar-refractivity contribution in [3.8, 4) is 0 Å². The number of hydrogen-bond donors (Lipinski definition) is 2. The first-order valence-corrected chi connectivity index (χ1v) is 7.20. The van der Waals surface area contributed by atoms with Crippen LogP contribution in [0.15, 0.2) is 0 Å². The molecule has 98 valence electrons. The second-order valence-corrected chi connectivity index (χ2v) is 5.84. The molecule has 0 spiro atoms. The summed E-state index contributed by atoms with van der Waals surface area (Å²) in [6.45, 7) is 0.461. The molecule has 0 aliphatic heterocycles. The van der Waals surface area contributed by atoms with Crippen molar-refractivity contribution in [2.45, 2.75) is 69.8 Å². The van der Waals surface area contributed by atoms with Crippen LogP contribution >= 0.6 is 0 Å². The highest BCUT2D eigenvalue weighted by molar-refractivity contribution is 5.78. The molecule has 0 unspecified atom stereocenters. The number of hydrogen-bond acceptors (Lipinski definition) is 2. The van der Waals surface area contributed by atoms with E-state index in [1.54, 1.807) is 0 Å². The van der Waals surface area contributed by atoms with Gasteiger partial charge in [0.15, 0.2) is 0 Å². The Morgan fingerprint density at radius 2 is 1.65 bits per heavy atom. The van der Waals surface area contributed by atoms with Gasteiger partial charge in [-0.25, -0.2) is 0 Å². The van der Waals surface area contributed by atoms with Crippen LogP contribution in [0.5, 0.6) is 0 Å². The zero-order valence-corrected chi connectivity index (χ0v) is 10.7. The lowest BCUT2D eigenvalue weighted by Crippen LogP contribution is -2.44. The minimum atomic E-state index is -0.634. The average Bonchev–Trinajstić information content (AvgIpc) is 2.77. The SMILES string of the molecule is O=C(NCC1(O)CCCCCC1)C1CCCC1. The van der Waals surface area contributed by atoms with Crippen molar-refractivity contribution in [1.29, 1.82) is 0 Å². The third-order valence-corrected chi connectivity index (χ3v) is 4.35. The molecule has 2 N–H and O–H groups in total. The molecule has 1 amide bonds. The molecular formula is C14H25NO2. The molecule has 0 bridgehead atoms. The molecule has 0 heterocycles. The second kappa shape index (κ2) is 5.85. The van der Waals surface area contributed by atoms with E-state index in [2.05, 4.69) is 5.32 Å². The van der Waals surface area contributed by atoms with Crippen molar-refractivity contribution in [2.75, 3.05) is 6.54 Å². The Morgan fingerprint density at radius 1 is 1.06 bits per heavy atom.